The summed E-state index contributed by atoms with van der Waals surface area (Å²) in [6.07, 6.45) is 11.0. The number of anilines is 1. The summed E-state index contributed by atoms with van der Waals surface area (Å²) in [5.41, 5.74) is 3.57. The zero-order valence-electron chi connectivity index (χ0n) is 27.9. The number of nitrogens with zero attached hydrogens (tertiary/aromatic N) is 3. The first kappa shape index (κ1) is 34.2. The van der Waals surface area contributed by atoms with Gasteiger partial charge in [0.1, 0.15) is 11.5 Å². The number of aryl methyl sites for hydroxylation is 1. The number of carbonyl (C=O) groups excluding carboxylic acids is 2. The quantitative estimate of drug-likeness (QED) is 0.329. The van der Waals surface area contributed by atoms with Crippen molar-refractivity contribution in [2.45, 2.75) is 62.9 Å². The minimum atomic E-state index is -3.10. The molecule has 0 saturated heterocycles. The molecular formula is C37H48ClN3O5S. The van der Waals surface area contributed by atoms with E-state index in [1.54, 1.807) is 13.2 Å². The third-order valence-corrected chi connectivity index (χ3v) is 13.0. The third-order valence-electron chi connectivity index (χ3n) is 10.5. The van der Waals surface area contributed by atoms with E-state index in [9.17, 15) is 13.8 Å². The molecule has 0 N–H and O–H groups in total. The summed E-state index contributed by atoms with van der Waals surface area (Å²) in [5, 5.41) is 0.752. The van der Waals surface area contributed by atoms with Crippen LogP contribution < -0.4 is 9.64 Å². The summed E-state index contributed by atoms with van der Waals surface area (Å²) in [4.78, 5) is 31.0. The molecule has 0 radical (unpaired) electrons. The van der Waals surface area contributed by atoms with Crippen LogP contribution in [0.15, 0.2) is 52.9 Å². The van der Waals surface area contributed by atoms with Gasteiger partial charge >= 0.3 is 0 Å². The van der Waals surface area contributed by atoms with Crippen molar-refractivity contribution in [2.24, 2.45) is 16.2 Å². The molecule has 1 amide bonds. The molecule has 6 rings (SSSR count). The molecule has 1 fully saturated rings. The number of halogens is 1. The van der Waals surface area contributed by atoms with Gasteiger partial charge in [0, 0.05) is 54.9 Å². The minimum absolute atomic E-state index is 0.00886. The van der Waals surface area contributed by atoms with E-state index in [0.717, 1.165) is 61.7 Å². The Labute approximate surface area is 285 Å². The topological polar surface area (TPSA) is 88.5 Å². The minimum Gasteiger partial charge on any atom is -0.490 e. The van der Waals surface area contributed by atoms with Crippen molar-refractivity contribution in [3.63, 3.8) is 0 Å². The van der Waals surface area contributed by atoms with Crippen LogP contribution >= 0.6 is 11.6 Å². The average Bonchev–Trinajstić information content (AvgIpc) is 3.17. The van der Waals surface area contributed by atoms with Crippen molar-refractivity contribution in [1.82, 2.24) is 4.90 Å². The van der Waals surface area contributed by atoms with Gasteiger partial charge in [0.25, 0.3) is 5.91 Å². The van der Waals surface area contributed by atoms with E-state index in [1.807, 2.05) is 37.2 Å². The predicted octanol–water partition coefficient (Wildman–Crippen LogP) is 6.33. The van der Waals surface area contributed by atoms with Crippen LogP contribution in [0.5, 0.6) is 5.75 Å². The summed E-state index contributed by atoms with van der Waals surface area (Å²) in [6, 6.07) is 11.7. The summed E-state index contributed by atoms with van der Waals surface area (Å²) >= 11 is 6.44. The highest BCUT2D eigenvalue weighted by Crippen LogP contribution is 2.47. The van der Waals surface area contributed by atoms with Gasteiger partial charge < -0.3 is 19.3 Å². The van der Waals surface area contributed by atoms with Gasteiger partial charge in [-0.3, -0.25) is 9.59 Å². The van der Waals surface area contributed by atoms with Crippen LogP contribution in [0, 0.1) is 11.8 Å². The highest BCUT2D eigenvalue weighted by molar-refractivity contribution is 7.94. The molecule has 2 bridgehead atoms. The van der Waals surface area contributed by atoms with Crippen molar-refractivity contribution >= 4 is 38.7 Å². The second-order valence-corrected chi connectivity index (χ2v) is 17.0. The Bertz CT molecular complexity index is 1650. The number of Topliss-reactive ketones (excluding diaryl/α,β-unsaturated/α-hetero) is 1. The highest BCUT2D eigenvalue weighted by Gasteiger charge is 2.44. The Kier molecular flexibility index (Phi) is 10.5. The average molecular weight is 682 g/mol. The molecule has 10 heteroatoms. The van der Waals surface area contributed by atoms with E-state index < -0.39 is 15.6 Å². The number of hydrogen-bond acceptors (Lipinski definition) is 7. The van der Waals surface area contributed by atoms with Gasteiger partial charge in [-0.05, 0) is 112 Å². The third kappa shape index (κ3) is 7.64. The van der Waals surface area contributed by atoms with Crippen molar-refractivity contribution in [3.8, 4) is 5.75 Å². The summed E-state index contributed by atoms with van der Waals surface area (Å²) < 4.78 is 31.2. The fraction of sp³-hybridized carbons (Fsp3) is 0.568. The Balaban J connectivity index is 1.40. The Morgan fingerprint density at radius 2 is 2.04 bits per heavy atom. The smallest absolute Gasteiger partial charge is 0.285 e. The van der Waals surface area contributed by atoms with Crippen LogP contribution in [0.1, 0.15) is 66.4 Å². The molecule has 1 spiro atoms. The number of amides is 1. The number of methoxy groups -OCH3 is 1. The molecule has 2 aliphatic heterocycles. The fourth-order valence-corrected chi connectivity index (χ4v) is 10.0. The molecular weight excluding hydrogens is 634 g/mol. The zero-order valence-corrected chi connectivity index (χ0v) is 29.5. The van der Waals surface area contributed by atoms with Gasteiger partial charge in [0.15, 0.2) is 0 Å². The molecule has 8 nitrogen and oxygen atoms in total. The number of ketones is 1. The fourth-order valence-electron chi connectivity index (χ4n) is 7.86. The Morgan fingerprint density at radius 1 is 1.19 bits per heavy atom. The highest BCUT2D eigenvalue weighted by atomic mass is 35.5. The van der Waals surface area contributed by atoms with Crippen LogP contribution in [0.4, 0.5) is 5.69 Å². The molecule has 1 saturated carbocycles. The van der Waals surface area contributed by atoms with Crippen molar-refractivity contribution in [1.29, 1.82) is 0 Å². The van der Waals surface area contributed by atoms with E-state index >= 15 is 0 Å². The SMILES string of the molecule is CO[C@H]1/C=C/CCCS(=O)(CC(=O)CCN(C)C)=NC(=O)c2ccc3c(c2)N(C[C@@H]2CC[C@H]21)C[C@@]1(CCCc2cc(Cl)ccc21)CO3. The van der Waals surface area contributed by atoms with Gasteiger partial charge in [-0.2, -0.15) is 4.36 Å². The van der Waals surface area contributed by atoms with Crippen LogP contribution in [-0.2, 0) is 31.1 Å². The Morgan fingerprint density at radius 3 is 2.81 bits per heavy atom. The van der Waals surface area contributed by atoms with Crippen molar-refractivity contribution in [2.75, 3.05) is 63.9 Å². The van der Waals surface area contributed by atoms with E-state index in [-0.39, 0.29) is 35.2 Å². The van der Waals surface area contributed by atoms with E-state index in [4.69, 9.17) is 21.1 Å². The maximum absolute atomic E-state index is 14.2. The number of ether oxygens (including phenoxy) is 2. The second-order valence-electron chi connectivity index (χ2n) is 14.2. The molecule has 2 heterocycles. The van der Waals surface area contributed by atoms with E-state index in [2.05, 4.69) is 33.5 Å². The lowest BCUT2D eigenvalue weighted by Crippen LogP contribution is -2.49. The number of rotatable bonds is 6. The molecule has 2 aromatic carbocycles. The lowest BCUT2D eigenvalue weighted by molar-refractivity contribution is -0.116. The van der Waals surface area contributed by atoms with Crippen LogP contribution in [0.3, 0.4) is 0 Å². The number of hydrogen-bond donors (Lipinski definition) is 0. The summed E-state index contributed by atoms with van der Waals surface area (Å²) in [7, 11) is 2.47. The zero-order chi connectivity index (χ0) is 33.2. The van der Waals surface area contributed by atoms with E-state index in [0.29, 0.717) is 43.4 Å². The lowest BCUT2D eigenvalue weighted by Gasteiger charge is -2.46. The first-order valence-corrected chi connectivity index (χ1v) is 19.2. The Hall–Kier alpha value is -2.72. The largest absolute Gasteiger partial charge is 0.490 e. The van der Waals surface area contributed by atoms with Crippen LogP contribution in [0.25, 0.3) is 0 Å². The predicted molar refractivity (Wildman–Crippen MR) is 188 cm³/mol. The monoisotopic (exact) mass is 681 g/mol. The van der Waals surface area contributed by atoms with Crippen molar-refractivity contribution in [3.05, 3.63) is 70.3 Å². The molecule has 2 aromatic rings. The standard InChI is InChI=1S/C37H48ClN3O5S/c1-40(2)18-16-30(42)23-47(44)19-6-4-5-9-34(45-3)31-13-10-28(31)22-41-24-37(17-7-8-26-20-29(38)12-14-32(26)37)25-46-35-15-11-27(21-33(35)41)36(43)39-47/h5,9,11-12,14-15,20-21,28,31,34H,4,6-8,10,13,16-19,22-25H2,1-3H3/b9-5+/t28-,31+,34-,37-,47?/m0/s1. The number of carbonyl (C=O) groups is 2. The molecule has 2 aliphatic carbocycles. The normalized spacial score (nSPS) is 29.9. The maximum Gasteiger partial charge on any atom is 0.285 e. The van der Waals surface area contributed by atoms with Crippen molar-refractivity contribution < 1.29 is 23.3 Å². The summed E-state index contributed by atoms with van der Waals surface area (Å²) in [5.74, 6) is 0.826. The maximum atomic E-state index is 14.2. The van der Waals surface area contributed by atoms with Crippen LogP contribution in [-0.4, -0.2) is 85.9 Å². The number of benzene rings is 2. The van der Waals surface area contributed by atoms with E-state index in [1.165, 1.54) is 11.1 Å². The van der Waals surface area contributed by atoms with Gasteiger partial charge in [-0.15, -0.1) is 0 Å². The molecule has 4 aliphatic rings. The first-order chi connectivity index (χ1) is 22.6. The molecule has 5 atom stereocenters. The first-order valence-electron chi connectivity index (χ1n) is 17.0. The summed E-state index contributed by atoms with van der Waals surface area (Å²) in [6.45, 7) is 2.65. The second kappa shape index (κ2) is 14.4. The number of allylic oxidation sites excluding steroid dienone is 1. The molecule has 254 valence electrons. The molecule has 1 unspecified atom stereocenters. The number of fused-ring (bicyclic) bond motifs is 4. The molecule has 0 aromatic heterocycles. The van der Waals surface area contributed by atoms with Gasteiger partial charge in [-0.25, -0.2) is 4.21 Å². The molecule has 47 heavy (non-hydrogen) atoms. The van der Waals surface area contributed by atoms with Gasteiger partial charge in [0.2, 0.25) is 0 Å². The van der Waals surface area contributed by atoms with Gasteiger partial charge in [0.05, 0.1) is 33.9 Å². The van der Waals surface area contributed by atoms with Crippen LogP contribution in [0.2, 0.25) is 5.02 Å². The van der Waals surface area contributed by atoms with Gasteiger partial charge in [-0.1, -0.05) is 29.8 Å². The lowest BCUT2D eigenvalue weighted by atomic mass is 9.68.